The zero-order valence-corrected chi connectivity index (χ0v) is 11.7. The van der Waals surface area contributed by atoms with Crippen molar-refractivity contribution in [3.05, 3.63) is 46.7 Å². The van der Waals surface area contributed by atoms with Gasteiger partial charge in [-0.25, -0.2) is 10.4 Å². The van der Waals surface area contributed by atoms with Crippen LogP contribution in [0.2, 0.25) is 0 Å². The van der Waals surface area contributed by atoms with Gasteiger partial charge in [-0.1, -0.05) is 30.3 Å². The first-order valence-electron chi connectivity index (χ1n) is 6.61. The number of ether oxygens (including phenoxy) is 1. The van der Waals surface area contributed by atoms with Crippen LogP contribution in [0.3, 0.4) is 0 Å². The van der Waals surface area contributed by atoms with Crippen molar-refractivity contribution in [1.29, 1.82) is 0 Å². The van der Waals surface area contributed by atoms with Crippen molar-refractivity contribution in [2.75, 3.05) is 26.3 Å². The van der Waals surface area contributed by atoms with E-state index in [0.717, 1.165) is 32.8 Å². The van der Waals surface area contributed by atoms with Crippen LogP contribution in [0.25, 0.3) is 11.1 Å². The molecule has 0 unspecified atom stereocenters. The fraction of sp³-hybridized carbons (Fsp3) is 0.333. The molecule has 0 radical (unpaired) electrons. The Kier molecular flexibility index (Phi) is 4.25. The van der Waals surface area contributed by atoms with E-state index in [4.69, 9.17) is 4.74 Å². The molecule has 1 N–H and O–H groups in total. The molecule has 0 saturated carbocycles. The summed E-state index contributed by atoms with van der Waals surface area (Å²) in [7, 11) is 0. The van der Waals surface area contributed by atoms with Crippen LogP contribution in [0.1, 0.15) is 4.88 Å². The van der Waals surface area contributed by atoms with Crippen molar-refractivity contribution < 1.29 is 4.74 Å². The zero-order valence-electron chi connectivity index (χ0n) is 10.8. The Hall–Kier alpha value is -1.20. The predicted octanol–water partition coefficient (Wildman–Crippen LogP) is 2.75. The minimum atomic E-state index is 0.826. The SMILES string of the molecule is c1ccc(-c2csc(CNN3CCOCC3)c2)cc1. The number of benzene rings is 1. The average Bonchev–Trinajstić information content (AvgIpc) is 2.96. The second kappa shape index (κ2) is 6.30. The molecule has 0 aliphatic carbocycles. The van der Waals surface area contributed by atoms with E-state index in [0.29, 0.717) is 0 Å². The van der Waals surface area contributed by atoms with Crippen molar-refractivity contribution in [2.45, 2.75) is 6.54 Å². The highest BCUT2D eigenvalue weighted by atomic mass is 32.1. The smallest absolute Gasteiger partial charge is 0.0608 e. The van der Waals surface area contributed by atoms with Gasteiger partial charge in [0.15, 0.2) is 0 Å². The summed E-state index contributed by atoms with van der Waals surface area (Å²) in [5.74, 6) is 0. The fourth-order valence-electron chi connectivity index (χ4n) is 2.17. The van der Waals surface area contributed by atoms with Crippen molar-refractivity contribution >= 4 is 11.3 Å². The highest BCUT2D eigenvalue weighted by Crippen LogP contribution is 2.25. The van der Waals surface area contributed by atoms with Crippen molar-refractivity contribution in [3.8, 4) is 11.1 Å². The van der Waals surface area contributed by atoms with Gasteiger partial charge >= 0.3 is 0 Å². The summed E-state index contributed by atoms with van der Waals surface area (Å²) < 4.78 is 5.33. The van der Waals surface area contributed by atoms with Gasteiger partial charge in [0.05, 0.1) is 13.2 Å². The third-order valence-corrected chi connectivity index (χ3v) is 4.19. The number of thiophene rings is 1. The molecule has 100 valence electrons. The first-order valence-corrected chi connectivity index (χ1v) is 7.49. The van der Waals surface area contributed by atoms with Gasteiger partial charge in [0.2, 0.25) is 0 Å². The molecule has 1 aromatic carbocycles. The Morgan fingerprint density at radius 3 is 2.68 bits per heavy atom. The molecule has 0 bridgehead atoms. The molecule has 1 aliphatic heterocycles. The van der Waals surface area contributed by atoms with Crippen LogP contribution >= 0.6 is 11.3 Å². The van der Waals surface area contributed by atoms with Gasteiger partial charge in [-0.15, -0.1) is 11.3 Å². The summed E-state index contributed by atoms with van der Waals surface area (Å²) in [5.41, 5.74) is 6.06. The summed E-state index contributed by atoms with van der Waals surface area (Å²) in [6, 6.07) is 12.8. The van der Waals surface area contributed by atoms with Crippen LogP contribution in [0, 0.1) is 0 Å². The first kappa shape index (κ1) is 12.8. The van der Waals surface area contributed by atoms with E-state index < -0.39 is 0 Å². The molecule has 0 spiro atoms. The Bertz CT molecular complexity index is 506. The highest BCUT2D eigenvalue weighted by molar-refractivity contribution is 7.10. The van der Waals surface area contributed by atoms with Crippen molar-refractivity contribution in [3.63, 3.8) is 0 Å². The molecule has 1 aliphatic rings. The maximum Gasteiger partial charge on any atom is 0.0608 e. The molecule has 2 heterocycles. The number of rotatable bonds is 4. The molecule has 19 heavy (non-hydrogen) atoms. The zero-order chi connectivity index (χ0) is 12.9. The molecule has 1 saturated heterocycles. The van der Waals surface area contributed by atoms with Gasteiger partial charge in [0, 0.05) is 24.5 Å². The summed E-state index contributed by atoms with van der Waals surface area (Å²) >= 11 is 1.81. The number of hydrogen-bond donors (Lipinski definition) is 1. The van der Waals surface area contributed by atoms with Gasteiger partial charge in [-0.05, 0) is 22.6 Å². The maximum absolute atomic E-state index is 5.33. The number of morpholine rings is 1. The van der Waals surface area contributed by atoms with Gasteiger partial charge in [-0.2, -0.15) is 0 Å². The number of hydrazine groups is 1. The van der Waals surface area contributed by atoms with Crippen molar-refractivity contribution in [1.82, 2.24) is 10.4 Å². The van der Waals surface area contributed by atoms with Crippen LogP contribution in [0.15, 0.2) is 41.8 Å². The second-order valence-corrected chi connectivity index (χ2v) is 5.60. The fourth-order valence-corrected chi connectivity index (χ4v) is 2.99. The monoisotopic (exact) mass is 274 g/mol. The lowest BCUT2D eigenvalue weighted by molar-refractivity contribution is 0.0107. The summed E-state index contributed by atoms with van der Waals surface area (Å²) in [4.78, 5) is 1.37. The van der Waals surface area contributed by atoms with E-state index in [1.807, 2.05) is 11.3 Å². The first-order chi connectivity index (χ1) is 9.42. The quantitative estimate of drug-likeness (QED) is 0.928. The van der Waals surface area contributed by atoms with E-state index in [1.54, 1.807) is 0 Å². The minimum absolute atomic E-state index is 0.826. The minimum Gasteiger partial charge on any atom is -0.379 e. The van der Waals surface area contributed by atoms with Gasteiger partial charge in [0.1, 0.15) is 0 Å². The number of hydrogen-bond acceptors (Lipinski definition) is 4. The highest BCUT2D eigenvalue weighted by Gasteiger charge is 2.10. The summed E-state index contributed by atoms with van der Waals surface area (Å²) in [6.45, 7) is 4.49. The van der Waals surface area contributed by atoms with E-state index >= 15 is 0 Å². The van der Waals surface area contributed by atoms with Gasteiger partial charge < -0.3 is 4.74 Å². The van der Waals surface area contributed by atoms with Gasteiger partial charge in [-0.3, -0.25) is 0 Å². The van der Waals surface area contributed by atoms with Crippen LogP contribution < -0.4 is 5.43 Å². The van der Waals surface area contributed by atoms with Crippen LogP contribution in [-0.2, 0) is 11.3 Å². The summed E-state index contributed by atoms with van der Waals surface area (Å²) in [6.07, 6.45) is 0. The maximum atomic E-state index is 5.33. The Labute approximate surface area is 117 Å². The van der Waals surface area contributed by atoms with E-state index in [9.17, 15) is 0 Å². The molecule has 3 nitrogen and oxygen atoms in total. The number of nitrogens with one attached hydrogen (secondary N) is 1. The van der Waals surface area contributed by atoms with Crippen LogP contribution in [0.5, 0.6) is 0 Å². The lowest BCUT2D eigenvalue weighted by Gasteiger charge is -2.26. The molecule has 1 fully saturated rings. The Morgan fingerprint density at radius 1 is 1.11 bits per heavy atom. The van der Waals surface area contributed by atoms with Crippen LogP contribution in [0.4, 0.5) is 0 Å². The average molecular weight is 274 g/mol. The summed E-state index contributed by atoms with van der Waals surface area (Å²) in [5, 5.41) is 4.47. The number of nitrogens with zero attached hydrogens (tertiary/aromatic N) is 1. The Morgan fingerprint density at radius 2 is 1.89 bits per heavy atom. The van der Waals surface area contributed by atoms with E-state index in [-0.39, 0.29) is 0 Å². The predicted molar refractivity (Wildman–Crippen MR) is 79.0 cm³/mol. The molecule has 0 atom stereocenters. The molecule has 0 amide bonds. The lowest BCUT2D eigenvalue weighted by Crippen LogP contribution is -2.45. The standard InChI is InChI=1S/C15H18N2OS/c1-2-4-13(5-3-1)14-10-15(19-12-14)11-16-17-6-8-18-9-7-17/h1-5,10,12,16H,6-9,11H2. The topological polar surface area (TPSA) is 24.5 Å². The molecular weight excluding hydrogens is 256 g/mol. The van der Waals surface area contributed by atoms with Crippen LogP contribution in [-0.4, -0.2) is 31.3 Å². The Balaban J connectivity index is 1.59. The van der Waals surface area contributed by atoms with Gasteiger partial charge in [0.25, 0.3) is 0 Å². The second-order valence-electron chi connectivity index (χ2n) is 4.60. The third-order valence-electron chi connectivity index (χ3n) is 3.25. The van der Waals surface area contributed by atoms with E-state index in [2.05, 4.69) is 52.2 Å². The largest absolute Gasteiger partial charge is 0.379 e. The molecule has 1 aromatic heterocycles. The third kappa shape index (κ3) is 3.42. The van der Waals surface area contributed by atoms with E-state index in [1.165, 1.54) is 16.0 Å². The normalized spacial score (nSPS) is 16.6. The molecular formula is C15H18N2OS. The lowest BCUT2D eigenvalue weighted by atomic mass is 10.1. The molecule has 3 rings (SSSR count). The van der Waals surface area contributed by atoms with Crippen molar-refractivity contribution in [2.24, 2.45) is 0 Å². The molecule has 4 heteroatoms. The molecule has 2 aromatic rings.